The van der Waals surface area contributed by atoms with E-state index in [1.807, 2.05) is 63.5 Å². The zero-order chi connectivity index (χ0) is 24.4. The van der Waals surface area contributed by atoms with E-state index in [9.17, 15) is 14.9 Å². The van der Waals surface area contributed by atoms with Gasteiger partial charge in [0.05, 0.1) is 22.5 Å². The third-order valence-electron chi connectivity index (χ3n) is 6.24. The number of ketones is 1. The van der Waals surface area contributed by atoms with Crippen molar-refractivity contribution >= 4 is 33.8 Å². The van der Waals surface area contributed by atoms with Crippen LogP contribution in [0, 0.1) is 10.1 Å². The number of anilines is 1. The molecule has 4 aromatic rings. The van der Waals surface area contributed by atoms with Crippen LogP contribution in [0.2, 0.25) is 0 Å². The summed E-state index contributed by atoms with van der Waals surface area (Å²) < 4.78 is 2.10. The summed E-state index contributed by atoms with van der Waals surface area (Å²) in [6.45, 7) is 4.27. The lowest BCUT2D eigenvalue weighted by molar-refractivity contribution is -0.384. The predicted molar refractivity (Wildman–Crippen MR) is 135 cm³/mol. The third kappa shape index (κ3) is 4.45. The molecule has 0 aliphatic rings. The minimum atomic E-state index is -0.435. The standard InChI is InChI=1S/C27H26N4O3/c1-18(20-9-15-23(16-10-20)31(33)34)19(2)27(32)21-11-13-22(14-12-21)29(3)17-26-28-24-7-5-6-8-25(24)30(26)4/h5-16H,17H2,1-4H3. The first-order valence-electron chi connectivity index (χ1n) is 10.9. The van der Waals surface area contributed by atoms with E-state index < -0.39 is 4.92 Å². The number of nitro groups is 1. The number of aromatic nitrogens is 2. The highest BCUT2D eigenvalue weighted by Crippen LogP contribution is 2.25. The number of allylic oxidation sites excluding steroid dienone is 2. The number of para-hydroxylation sites is 2. The highest BCUT2D eigenvalue weighted by atomic mass is 16.6. The maximum absolute atomic E-state index is 13.1. The van der Waals surface area contributed by atoms with Crippen LogP contribution in [-0.2, 0) is 13.6 Å². The number of hydrogen-bond donors (Lipinski definition) is 0. The number of nitro benzene ring substituents is 1. The number of carbonyl (C=O) groups is 1. The van der Waals surface area contributed by atoms with Crippen molar-refractivity contribution in [2.24, 2.45) is 7.05 Å². The Balaban J connectivity index is 1.50. The zero-order valence-corrected chi connectivity index (χ0v) is 19.6. The number of fused-ring (bicyclic) bond motifs is 1. The van der Waals surface area contributed by atoms with E-state index in [4.69, 9.17) is 4.98 Å². The van der Waals surface area contributed by atoms with Crippen LogP contribution in [0.15, 0.2) is 78.4 Å². The molecule has 0 aliphatic heterocycles. The Kier molecular flexibility index (Phi) is 6.27. The van der Waals surface area contributed by atoms with Gasteiger partial charge in [-0.25, -0.2) is 4.98 Å². The maximum Gasteiger partial charge on any atom is 0.269 e. The highest BCUT2D eigenvalue weighted by molar-refractivity contribution is 6.12. The van der Waals surface area contributed by atoms with E-state index in [-0.39, 0.29) is 11.5 Å². The van der Waals surface area contributed by atoms with E-state index in [1.165, 1.54) is 12.1 Å². The minimum Gasteiger partial charge on any atom is -0.367 e. The van der Waals surface area contributed by atoms with Gasteiger partial charge in [0, 0.05) is 43.1 Å². The molecule has 3 aromatic carbocycles. The molecule has 7 heteroatoms. The van der Waals surface area contributed by atoms with E-state index in [2.05, 4.69) is 15.5 Å². The molecule has 0 saturated carbocycles. The number of imidazole rings is 1. The van der Waals surface area contributed by atoms with Crippen molar-refractivity contribution in [1.82, 2.24) is 9.55 Å². The predicted octanol–water partition coefficient (Wildman–Crippen LogP) is 5.79. The van der Waals surface area contributed by atoms with Crippen LogP contribution >= 0.6 is 0 Å². The number of aryl methyl sites for hydroxylation is 1. The first-order chi connectivity index (χ1) is 16.3. The average molecular weight is 455 g/mol. The monoisotopic (exact) mass is 454 g/mol. The lowest BCUT2D eigenvalue weighted by atomic mass is 9.96. The lowest BCUT2D eigenvalue weighted by Crippen LogP contribution is -2.19. The van der Waals surface area contributed by atoms with Gasteiger partial charge < -0.3 is 9.47 Å². The molecule has 0 aliphatic carbocycles. The van der Waals surface area contributed by atoms with Crippen molar-refractivity contribution in [2.45, 2.75) is 20.4 Å². The fraction of sp³-hybridized carbons (Fsp3) is 0.185. The van der Waals surface area contributed by atoms with Gasteiger partial charge in [-0.05, 0) is 73.5 Å². The van der Waals surface area contributed by atoms with E-state index in [0.717, 1.165) is 33.7 Å². The van der Waals surface area contributed by atoms with Crippen LogP contribution < -0.4 is 4.90 Å². The summed E-state index contributed by atoms with van der Waals surface area (Å²) in [5.74, 6) is 0.891. The number of carbonyl (C=O) groups excluding carboxylic acids is 1. The molecule has 34 heavy (non-hydrogen) atoms. The van der Waals surface area contributed by atoms with Gasteiger partial charge in [-0.1, -0.05) is 12.1 Å². The molecule has 172 valence electrons. The van der Waals surface area contributed by atoms with Crippen molar-refractivity contribution in [2.75, 3.05) is 11.9 Å². The van der Waals surface area contributed by atoms with Crippen molar-refractivity contribution in [3.8, 4) is 0 Å². The summed E-state index contributed by atoms with van der Waals surface area (Å²) in [4.78, 5) is 30.3. The summed E-state index contributed by atoms with van der Waals surface area (Å²) in [5, 5.41) is 10.9. The molecule has 0 saturated heterocycles. The molecule has 0 amide bonds. The second kappa shape index (κ2) is 9.31. The van der Waals surface area contributed by atoms with Crippen LogP contribution in [0.5, 0.6) is 0 Å². The quantitative estimate of drug-likeness (QED) is 0.153. The number of non-ortho nitro benzene ring substituents is 1. The fourth-order valence-electron chi connectivity index (χ4n) is 3.94. The first-order valence-corrected chi connectivity index (χ1v) is 10.9. The lowest BCUT2D eigenvalue weighted by Gasteiger charge is -2.19. The van der Waals surface area contributed by atoms with E-state index in [1.54, 1.807) is 19.1 Å². The molecule has 7 nitrogen and oxygen atoms in total. The largest absolute Gasteiger partial charge is 0.367 e. The average Bonchev–Trinajstić information content (AvgIpc) is 3.17. The molecule has 0 spiro atoms. The zero-order valence-electron chi connectivity index (χ0n) is 19.6. The Labute approximate surface area is 198 Å². The van der Waals surface area contributed by atoms with Crippen molar-refractivity contribution in [1.29, 1.82) is 0 Å². The van der Waals surface area contributed by atoms with Gasteiger partial charge in [0.2, 0.25) is 0 Å². The highest BCUT2D eigenvalue weighted by Gasteiger charge is 2.15. The van der Waals surface area contributed by atoms with Crippen LogP contribution in [0.4, 0.5) is 11.4 Å². The van der Waals surface area contributed by atoms with Gasteiger partial charge in [0.15, 0.2) is 5.78 Å². The molecule has 1 aromatic heterocycles. The van der Waals surface area contributed by atoms with Crippen molar-refractivity contribution in [3.63, 3.8) is 0 Å². The van der Waals surface area contributed by atoms with Crippen LogP contribution in [0.3, 0.4) is 0 Å². The molecule has 1 heterocycles. The Morgan fingerprint density at radius 3 is 2.21 bits per heavy atom. The van der Waals surface area contributed by atoms with Gasteiger partial charge in [-0.2, -0.15) is 0 Å². The molecule has 0 atom stereocenters. The van der Waals surface area contributed by atoms with Crippen molar-refractivity contribution in [3.05, 3.63) is 105 Å². The van der Waals surface area contributed by atoms with Gasteiger partial charge >= 0.3 is 0 Å². The minimum absolute atomic E-state index is 0.0267. The fourth-order valence-corrected chi connectivity index (χ4v) is 3.94. The summed E-state index contributed by atoms with van der Waals surface area (Å²) in [6, 6.07) is 21.8. The normalized spacial score (nSPS) is 11.9. The van der Waals surface area contributed by atoms with Crippen LogP contribution in [0.25, 0.3) is 16.6 Å². The topological polar surface area (TPSA) is 81.3 Å². The second-order valence-corrected chi connectivity index (χ2v) is 8.36. The summed E-state index contributed by atoms with van der Waals surface area (Å²) >= 11 is 0. The number of hydrogen-bond acceptors (Lipinski definition) is 5. The van der Waals surface area contributed by atoms with E-state index >= 15 is 0 Å². The smallest absolute Gasteiger partial charge is 0.269 e. The van der Waals surface area contributed by atoms with Gasteiger partial charge in [-0.15, -0.1) is 0 Å². The Bertz CT molecular complexity index is 1400. The van der Waals surface area contributed by atoms with Gasteiger partial charge in [0.25, 0.3) is 5.69 Å². The van der Waals surface area contributed by atoms with E-state index in [0.29, 0.717) is 17.7 Å². The SMILES string of the molecule is CC(C(=O)c1ccc(N(C)Cc2nc3ccccc3n2C)cc1)=C(C)c1ccc([N+](=O)[O-])cc1. The molecule has 0 bridgehead atoms. The maximum atomic E-state index is 13.1. The molecule has 0 N–H and O–H groups in total. The summed E-state index contributed by atoms with van der Waals surface area (Å²) in [7, 11) is 4.02. The molecule has 0 radical (unpaired) electrons. The molecule has 0 fully saturated rings. The van der Waals surface area contributed by atoms with Gasteiger partial charge in [-0.3, -0.25) is 14.9 Å². The summed E-state index contributed by atoms with van der Waals surface area (Å²) in [5.41, 5.74) is 5.86. The Morgan fingerprint density at radius 1 is 0.971 bits per heavy atom. The first kappa shape index (κ1) is 22.9. The number of benzene rings is 3. The second-order valence-electron chi connectivity index (χ2n) is 8.36. The molecule has 4 rings (SSSR count). The van der Waals surface area contributed by atoms with Crippen LogP contribution in [0.1, 0.15) is 35.6 Å². The van der Waals surface area contributed by atoms with Crippen molar-refractivity contribution < 1.29 is 9.72 Å². The van der Waals surface area contributed by atoms with Gasteiger partial charge in [0.1, 0.15) is 5.82 Å². The Hall–Kier alpha value is -4.26. The number of Topliss-reactive ketones (excluding diaryl/α,β-unsaturated/α-hetero) is 1. The number of nitrogens with zero attached hydrogens (tertiary/aromatic N) is 4. The number of rotatable bonds is 7. The van der Waals surface area contributed by atoms with Crippen LogP contribution in [-0.4, -0.2) is 27.3 Å². The molecule has 0 unspecified atom stereocenters. The third-order valence-corrected chi connectivity index (χ3v) is 6.24. The molecular weight excluding hydrogens is 428 g/mol. The summed E-state index contributed by atoms with van der Waals surface area (Å²) in [6.07, 6.45) is 0. The molecular formula is C27H26N4O3. The Morgan fingerprint density at radius 2 is 1.59 bits per heavy atom.